The van der Waals surface area contributed by atoms with Gasteiger partial charge in [0.1, 0.15) is 11.5 Å². The second-order valence-electron chi connectivity index (χ2n) is 7.44. The summed E-state index contributed by atoms with van der Waals surface area (Å²) in [4.78, 5) is 29.3. The van der Waals surface area contributed by atoms with Gasteiger partial charge in [-0.25, -0.2) is 14.2 Å². The van der Waals surface area contributed by atoms with E-state index < -0.39 is 0 Å². The van der Waals surface area contributed by atoms with E-state index in [0.29, 0.717) is 34.5 Å². The van der Waals surface area contributed by atoms with Crippen LogP contribution in [0.5, 0.6) is 0 Å². The molecule has 1 aromatic heterocycles. The summed E-state index contributed by atoms with van der Waals surface area (Å²) in [6, 6.07) is 12.3. The number of halogens is 1. The van der Waals surface area contributed by atoms with Crippen LogP contribution in [0.2, 0.25) is 0 Å². The van der Waals surface area contributed by atoms with Crippen molar-refractivity contribution < 1.29 is 18.7 Å². The average Bonchev–Trinajstić information content (AvgIpc) is 3.49. The Bertz CT molecular complexity index is 1110. The molecule has 8 nitrogen and oxygen atoms in total. The van der Waals surface area contributed by atoms with Crippen molar-refractivity contribution in [1.82, 2.24) is 14.9 Å². The fraction of sp³-hybridized carbons (Fsp3) is 0.261. The number of rotatable bonds is 7. The van der Waals surface area contributed by atoms with Crippen molar-refractivity contribution in [3.8, 4) is 5.69 Å². The van der Waals surface area contributed by atoms with Crippen molar-refractivity contribution in [2.24, 2.45) is 0 Å². The number of carbonyl (C=O) groups excluding carboxylic acids is 2. The van der Waals surface area contributed by atoms with Gasteiger partial charge >= 0.3 is 6.03 Å². The number of amides is 3. The van der Waals surface area contributed by atoms with Gasteiger partial charge in [0, 0.05) is 30.2 Å². The standard InChI is InChI=1S/C23H24FN5O3S/c1-33-23-26-14-20(29(23)18-10-4-15(24)5-11-18)21(30)27-16-6-8-17(9-7-16)28-22(31)25-13-19-3-2-12-32-19/h4-11,14,19H,2-3,12-13H2,1H3,(H,27,30)(H2,25,28,31). The molecule has 0 bridgehead atoms. The van der Waals surface area contributed by atoms with E-state index in [2.05, 4.69) is 20.9 Å². The van der Waals surface area contributed by atoms with E-state index in [1.165, 1.54) is 30.1 Å². The van der Waals surface area contributed by atoms with E-state index in [-0.39, 0.29) is 23.9 Å². The molecular formula is C23H24FN5O3S. The Hall–Kier alpha value is -3.37. The molecule has 1 atom stereocenters. The summed E-state index contributed by atoms with van der Waals surface area (Å²) in [7, 11) is 0. The summed E-state index contributed by atoms with van der Waals surface area (Å²) in [5.41, 5.74) is 2.11. The highest BCUT2D eigenvalue weighted by molar-refractivity contribution is 7.98. The topological polar surface area (TPSA) is 97.3 Å². The number of nitrogens with one attached hydrogen (secondary N) is 3. The molecule has 3 aromatic rings. The molecule has 4 rings (SSSR count). The zero-order chi connectivity index (χ0) is 23.2. The van der Waals surface area contributed by atoms with E-state index in [9.17, 15) is 14.0 Å². The van der Waals surface area contributed by atoms with Crippen LogP contribution >= 0.6 is 11.8 Å². The number of imidazole rings is 1. The van der Waals surface area contributed by atoms with E-state index in [4.69, 9.17) is 4.74 Å². The van der Waals surface area contributed by atoms with Crippen molar-refractivity contribution in [2.75, 3.05) is 30.0 Å². The highest BCUT2D eigenvalue weighted by atomic mass is 32.2. The Morgan fingerprint density at radius 1 is 1.12 bits per heavy atom. The summed E-state index contributed by atoms with van der Waals surface area (Å²) in [6.07, 6.45) is 5.38. The zero-order valence-corrected chi connectivity index (χ0v) is 18.8. The molecule has 0 aliphatic carbocycles. The van der Waals surface area contributed by atoms with Crippen LogP contribution in [0.4, 0.5) is 20.6 Å². The molecule has 3 amide bonds. The van der Waals surface area contributed by atoms with Gasteiger partial charge in [0.25, 0.3) is 5.91 Å². The predicted molar refractivity (Wildman–Crippen MR) is 126 cm³/mol. The number of hydrogen-bond donors (Lipinski definition) is 3. The molecule has 1 saturated heterocycles. The van der Waals surface area contributed by atoms with E-state index in [1.54, 1.807) is 41.0 Å². The van der Waals surface area contributed by atoms with Crippen LogP contribution in [0, 0.1) is 5.82 Å². The fourth-order valence-corrected chi connectivity index (χ4v) is 4.04. The van der Waals surface area contributed by atoms with Crippen LogP contribution < -0.4 is 16.0 Å². The Morgan fingerprint density at radius 2 is 1.82 bits per heavy atom. The molecule has 1 aliphatic rings. The minimum absolute atomic E-state index is 0.0725. The van der Waals surface area contributed by atoms with Gasteiger partial charge in [-0.05, 0) is 67.6 Å². The van der Waals surface area contributed by atoms with Gasteiger partial charge < -0.3 is 20.7 Å². The van der Waals surface area contributed by atoms with Crippen molar-refractivity contribution in [2.45, 2.75) is 24.1 Å². The monoisotopic (exact) mass is 469 g/mol. The number of urea groups is 1. The first kappa shape index (κ1) is 22.8. The maximum absolute atomic E-state index is 13.3. The van der Waals surface area contributed by atoms with Crippen LogP contribution in [0.3, 0.4) is 0 Å². The lowest BCUT2D eigenvalue weighted by Crippen LogP contribution is -2.35. The third-order valence-corrected chi connectivity index (χ3v) is 5.80. The second-order valence-corrected chi connectivity index (χ2v) is 8.22. The van der Waals surface area contributed by atoms with Crippen molar-refractivity contribution in [3.63, 3.8) is 0 Å². The molecule has 3 N–H and O–H groups in total. The molecular weight excluding hydrogens is 445 g/mol. The van der Waals surface area contributed by atoms with Gasteiger partial charge in [-0.15, -0.1) is 0 Å². The molecule has 1 unspecified atom stereocenters. The molecule has 0 radical (unpaired) electrons. The van der Waals surface area contributed by atoms with Gasteiger partial charge in [-0.2, -0.15) is 0 Å². The largest absolute Gasteiger partial charge is 0.376 e. The smallest absolute Gasteiger partial charge is 0.319 e. The van der Waals surface area contributed by atoms with Crippen LogP contribution in [0.25, 0.3) is 5.69 Å². The van der Waals surface area contributed by atoms with E-state index in [0.717, 1.165) is 19.4 Å². The van der Waals surface area contributed by atoms with Gasteiger partial charge in [0.05, 0.1) is 12.3 Å². The maximum Gasteiger partial charge on any atom is 0.319 e. The SMILES string of the molecule is CSc1ncc(C(=O)Nc2ccc(NC(=O)NCC3CCCO3)cc2)n1-c1ccc(F)cc1. The molecule has 2 heterocycles. The Kier molecular flexibility index (Phi) is 7.26. The summed E-state index contributed by atoms with van der Waals surface area (Å²) in [6.45, 7) is 1.21. The highest BCUT2D eigenvalue weighted by Crippen LogP contribution is 2.23. The van der Waals surface area contributed by atoms with E-state index in [1.807, 2.05) is 6.26 Å². The first-order valence-corrected chi connectivity index (χ1v) is 11.7. The number of anilines is 2. The van der Waals surface area contributed by atoms with Gasteiger partial charge in [-0.1, -0.05) is 11.8 Å². The Labute approximate surface area is 194 Å². The minimum atomic E-state index is -0.359. The van der Waals surface area contributed by atoms with Crippen LogP contribution in [-0.4, -0.2) is 47.0 Å². The Balaban J connectivity index is 1.39. The summed E-state index contributed by atoms with van der Waals surface area (Å²) in [5.74, 6) is -0.716. The number of ether oxygens (including phenoxy) is 1. The number of thioether (sulfide) groups is 1. The number of hydrogen-bond acceptors (Lipinski definition) is 5. The molecule has 0 saturated carbocycles. The zero-order valence-electron chi connectivity index (χ0n) is 18.0. The summed E-state index contributed by atoms with van der Waals surface area (Å²) < 4.78 is 20.5. The number of carbonyl (C=O) groups is 2. The molecule has 33 heavy (non-hydrogen) atoms. The molecule has 0 spiro atoms. The third-order valence-electron chi connectivity index (χ3n) is 5.14. The number of benzene rings is 2. The van der Waals surface area contributed by atoms with E-state index >= 15 is 0 Å². The number of nitrogens with zero attached hydrogens (tertiary/aromatic N) is 2. The normalized spacial score (nSPS) is 15.3. The van der Waals surface area contributed by atoms with Gasteiger partial charge in [0.2, 0.25) is 0 Å². The summed E-state index contributed by atoms with van der Waals surface area (Å²) in [5, 5.41) is 9.00. The molecule has 2 aromatic carbocycles. The lowest BCUT2D eigenvalue weighted by Gasteiger charge is -2.13. The van der Waals surface area contributed by atoms with Gasteiger partial charge in [-0.3, -0.25) is 9.36 Å². The summed E-state index contributed by atoms with van der Waals surface area (Å²) >= 11 is 1.38. The van der Waals surface area contributed by atoms with Crippen molar-refractivity contribution >= 4 is 35.1 Å². The van der Waals surface area contributed by atoms with Crippen molar-refractivity contribution in [3.05, 3.63) is 66.2 Å². The average molecular weight is 470 g/mol. The first-order valence-electron chi connectivity index (χ1n) is 10.5. The fourth-order valence-electron chi connectivity index (χ4n) is 3.50. The van der Waals surface area contributed by atoms with Crippen LogP contribution in [0.1, 0.15) is 23.3 Å². The first-order chi connectivity index (χ1) is 16.0. The quantitative estimate of drug-likeness (QED) is 0.449. The van der Waals surface area contributed by atoms with Crippen LogP contribution in [0.15, 0.2) is 59.9 Å². The van der Waals surface area contributed by atoms with Gasteiger partial charge in [0.15, 0.2) is 5.16 Å². The molecule has 172 valence electrons. The third kappa shape index (κ3) is 5.71. The highest BCUT2D eigenvalue weighted by Gasteiger charge is 2.18. The molecule has 1 aliphatic heterocycles. The lowest BCUT2D eigenvalue weighted by molar-refractivity contribution is 0.102. The van der Waals surface area contributed by atoms with Crippen LogP contribution in [-0.2, 0) is 4.74 Å². The maximum atomic E-state index is 13.3. The second kappa shape index (κ2) is 10.5. The molecule has 1 fully saturated rings. The number of aromatic nitrogens is 2. The predicted octanol–water partition coefficient (Wildman–Crippen LogP) is 4.29. The lowest BCUT2D eigenvalue weighted by atomic mass is 10.2. The molecule has 10 heteroatoms. The minimum Gasteiger partial charge on any atom is -0.376 e. The Morgan fingerprint density at radius 3 is 2.45 bits per heavy atom. The van der Waals surface area contributed by atoms with Crippen molar-refractivity contribution in [1.29, 1.82) is 0 Å².